The van der Waals surface area contributed by atoms with Gasteiger partial charge in [0, 0.05) is 4.88 Å². The van der Waals surface area contributed by atoms with E-state index in [1.165, 1.54) is 35.6 Å². The fourth-order valence-electron chi connectivity index (χ4n) is 2.25. The van der Waals surface area contributed by atoms with E-state index in [2.05, 4.69) is 55.6 Å². The molecule has 0 unspecified atom stereocenters. The predicted octanol–water partition coefficient (Wildman–Crippen LogP) is 5.34. The molecule has 2 rings (SSSR count). The van der Waals surface area contributed by atoms with Crippen LogP contribution in [-0.4, -0.2) is 12.3 Å². The van der Waals surface area contributed by atoms with Crippen molar-refractivity contribution in [1.82, 2.24) is 0 Å². The summed E-state index contributed by atoms with van der Waals surface area (Å²) >= 11 is 1.90. The van der Waals surface area contributed by atoms with Crippen molar-refractivity contribution in [3.8, 4) is 10.4 Å². The van der Waals surface area contributed by atoms with Crippen molar-refractivity contribution in [2.75, 3.05) is 12.3 Å². The highest BCUT2D eigenvalue weighted by molar-refractivity contribution is 7.66. The monoisotopic (exact) mass is 276 g/mol. The van der Waals surface area contributed by atoms with Gasteiger partial charge in [-0.3, -0.25) is 0 Å². The van der Waals surface area contributed by atoms with Crippen molar-refractivity contribution >= 4 is 24.6 Å². The molecule has 0 aliphatic rings. The second-order valence-electron chi connectivity index (χ2n) is 4.49. The van der Waals surface area contributed by atoms with Gasteiger partial charge in [0.15, 0.2) is 0 Å². The second-order valence-corrected chi connectivity index (χ2v) is 7.86. The summed E-state index contributed by atoms with van der Waals surface area (Å²) in [6.45, 7) is 4.61. The van der Waals surface area contributed by atoms with Crippen molar-refractivity contribution in [3.05, 3.63) is 41.8 Å². The summed E-state index contributed by atoms with van der Waals surface area (Å²) in [5, 5.41) is 3.89. The largest absolute Gasteiger partial charge is 0.143 e. The van der Waals surface area contributed by atoms with E-state index in [0.29, 0.717) is 0 Å². The molecule has 0 amide bonds. The highest BCUT2D eigenvalue weighted by Crippen LogP contribution is 2.41. The van der Waals surface area contributed by atoms with Crippen LogP contribution in [0.4, 0.5) is 0 Å². The summed E-state index contributed by atoms with van der Waals surface area (Å²) in [5.41, 5.74) is 1.39. The maximum absolute atomic E-state index is 2.37. The van der Waals surface area contributed by atoms with Crippen molar-refractivity contribution in [1.29, 1.82) is 0 Å². The van der Waals surface area contributed by atoms with Gasteiger partial charge in [-0.25, -0.2) is 0 Å². The van der Waals surface area contributed by atoms with Crippen molar-refractivity contribution in [2.45, 2.75) is 26.7 Å². The first kappa shape index (κ1) is 13.8. The Balaban J connectivity index is 2.31. The van der Waals surface area contributed by atoms with Gasteiger partial charge in [0.1, 0.15) is 0 Å². The number of rotatable bonds is 6. The number of benzene rings is 1. The lowest BCUT2D eigenvalue weighted by molar-refractivity contribution is 1.06. The van der Waals surface area contributed by atoms with Crippen LogP contribution in [0.3, 0.4) is 0 Å². The molecule has 1 heterocycles. The standard InChI is InChI=1S/C16H21PS/c1-3-11-17(12-4-2)15-10-13-18-16(15)14-8-6-5-7-9-14/h5-10,13H,3-4,11-12H2,1-2H3. The van der Waals surface area contributed by atoms with Crippen molar-refractivity contribution in [3.63, 3.8) is 0 Å². The Bertz CT molecular complexity index is 455. The lowest BCUT2D eigenvalue weighted by Crippen LogP contribution is -2.06. The fourth-order valence-corrected chi connectivity index (χ4v) is 6.18. The quantitative estimate of drug-likeness (QED) is 0.624. The zero-order valence-corrected chi connectivity index (χ0v) is 12.9. The molecule has 2 aromatic rings. The number of hydrogen-bond donors (Lipinski definition) is 0. The molecule has 0 saturated heterocycles. The van der Waals surface area contributed by atoms with Crippen LogP contribution in [0, 0.1) is 0 Å². The molecule has 0 spiro atoms. The van der Waals surface area contributed by atoms with Crippen LogP contribution in [0.1, 0.15) is 26.7 Å². The summed E-state index contributed by atoms with van der Waals surface area (Å²) in [6, 6.07) is 13.2. The minimum atomic E-state index is 0.0471. The summed E-state index contributed by atoms with van der Waals surface area (Å²) < 4.78 is 0. The zero-order valence-electron chi connectivity index (χ0n) is 11.2. The van der Waals surface area contributed by atoms with Crippen LogP contribution in [0.15, 0.2) is 41.8 Å². The molecule has 0 aliphatic heterocycles. The third-order valence-corrected chi connectivity index (χ3v) is 7.15. The molecular weight excluding hydrogens is 255 g/mol. The number of hydrogen-bond acceptors (Lipinski definition) is 1. The first-order chi connectivity index (χ1) is 8.86. The van der Waals surface area contributed by atoms with Crippen LogP contribution in [0.5, 0.6) is 0 Å². The van der Waals surface area contributed by atoms with Gasteiger partial charge in [0.05, 0.1) is 0 Å². The lowest BCUT2D eigenvalue weighted by Gasteiger charge is -2.17. The Hall–Kier alpha value is -0.650. The highest BCUT2D eigenvalue weighted by Gasteiger charge is 2.15. The fraction of sp³-hybridized carbons (Fsp3) is 0.375. The minimum absolute atomic E-state index is 0.0471. The molecule has 1 aromatic carbocycles. The van der Waals surface area contributed by atoms with Crippen LogP contribution in [0.25, 0.3) is 10.4 Å². The Kier molecular flexibility index (Phi) is 5.41. The molecule has 0 bridgehead atoms. The lowest BCUT2D eigenvalue weighted by atomic mass is 10.2. The van der Waals surface area contributed by atoms with E-state index >= 15 is 0 Å². The van der Waals surface area contributed by atoms with E-state index in [0.717, 1.165) is 0 Å². The van der Waals surface area contributed by atoms with Gasteiger partial charge in [-0.15, -0.1) is 11.3 Å². The third kappa shape index (κ3) is 3.22. The molecule has 96 valence electrons. The van der Waals surface area contributed by atoms with E-state index in [1.807, 2.05) is 11.3 Å². The van der Waals surface area contributed by atoms with Gasteiger partial charge in [-0.2, -0.15) is 0 Å². The molecule has 18 heavy (non-hydrogen) atoms. The molecule has 1 aromatic heterocycles. The molecule has 0 saturated carbocycles. The molecule has 0 atom stereocenters. The summed E-state index contributed by atoms with van der Waals surface area (Å²) in [5.74, 6) is 0. The molecule has 0 radical (unpaired) electrons. The SMILES string of the molecule is CCCP(CCC)c1ccsc1-c1ccccc1. The highest BCUT2D eigenvalue weighted by atomic mass is 32.1. The summed E-state index contributed by atoms with van der Waals surface area (Å²) in [7, 11) is 0.0471. The van der Waals surface area contributed by atoms with Gasteiger partial charge in [0.2, 0.25) is 0 Å². The molecule has 0 nitrogen and oxygen atoms in total. The van der Waals surface area contributed by atoms with E-state index in [4.69, 9.17) is 0 Å². The Morgan fingerprint density at radius 2 is 1.61 bits per heavy atom. The van der Waals surface area contributed by atoms with E-state index in [-0.39, 0.29) is 7.92 Å². The van der Waals surface area contributed by atoms with Gasteiger partial charge < -0.3 is 0 Å². The zero-order chi connectivity index (χ0) is 12.8. The maximum atomic E-state index is 2.37. The van der Waals surface area contributed by atoms with Crippen LogP contribution in [0.2, 0.25) is 0 Å². The number of thiophene rings is 1. The Labute approximate surface area is 116 Å². The van der Waals surface area contributed by atoms with Gasteiger partial charge in [0.25, 0.3) is 0 Å². The van der Waals surface area contributed by atoms with Crippen LogP contribution >= 0.6 is 19.3 Å². The van der Waals surface area contributed by atoms with E-state index in [1.54, 1.807) is 5.30 Å². The van der Waals surface area contributed by atoms with E-state index < -0.39 is 0 Å². The topological polar surface area (TPSA) is 0 Å². The molecule has 2 heteroatoms. The Morgan fingerprint density at radius 1 is 0.944 bits per heavy atom. The average Bonchev–Trinajstić information content (AvgIpc) is 2.88. The molecule has 0 aliphatic carbocycles. The van der Waals surface area contributed by atoms with Crippen LogP contribution in [-0.2, 0) is 0 Å². The second kappa shape index (κ2) is 7.07. The average molecular weight is 276 g/mol. The summed E-state index contributed by atoms with van der Waals surface area (Å²) in [4.78, 5) is 1.50. The Morgan fingerprint density at radius 3 is 2.22 bits per heavy atom. The normalized spacial score (nSPS) is 11.1. The van der Waals surface area contributed by atoms with Gasteiger partial charge in [-0.1, -0.05) is 64.9 Å². The van der Waals surface area contributed by atoms with Crippen molar-refractivity contribution in [2.24, 2.45) is 0 Å². The molecule has 0 N–H and O–H groups in total. The third-order valence-electron chi connectivity index (χ3n) is 3.01. The van der Waals surface area contributed by atoms with Gasteiger partial charge >= 0.3 is 0 Å². The smallest absolute Gasteiger partial charge is 0.0419 e. The van der Waals surface area contributed by atoms with Gasteiger partial charge in [-0.05, 0) is 34.6 Å². The first-order valence-corrected chi connectivity index (χ1v) is 9.33. The van der Waals surface area contributed by atoms with Crippen molar-refractivity contribution < 1.29 is 0 Å². The van der Waals surface area contributed by atoms with E-state index in [9.17, 15) is 0 Å². The predicted molar refractivity (Wildman–Crippen MR) is 86.6 cm³/mol. The molecule has 0 fully saturated rings. The maximum Gasteiger partial charge on any atom is 0.0419 e. The molecular formula is C16H21PS. The summed E-state index contributed by atoms with van der Waals surface area (Å²) in [6.07, 6.45) is 5.35. The van der Waals surface area contributed by atoms with Crippen LogP contribution < -0.4 is 5.30 Å². The minimum Gasteiger partial charge on any atom is -0.143 e. The first-order valence-electron chi connectivity index (χ1n) is 6.74.